The van der Waals surface area contributed by atoms with Crippen LogP contribution in [0, 0.1) is 0 Å². The molecule has 1 aliphatic rings. The van der Waals surface area contributed by atoms with E-state index in [1.165, 1.54) is 29.3 Å². The van der Waals surface area contributed by atoms with Crippen molar-refractivity contribution in [3.05, 3.63) is 36.0 Å². The molecule has 1 aromatic carbocycles. The van der Waals surface area contributed by atoms with Crippen LogP contribution in [0.2, 0.25) is 0 Å². The number of nitrogens with one attached hydrogen (secondary N) is 2. The van der Waals surface area contributed by atoms with E-state index in [1.807, 2.05) is 0 Å². The number of H-pyrrole nitrogens is 1. The summed E-state index contributed by atoms with van der Waals surface area (Å²) >= 11 is 0. The molecule has 1 aromatic heterocycles. The van der Waals surface area contributed by atoms with E-state index in [2.05, 4.69) is 40.8 Å². The van der Waals surface area contributed by atoms with E-state index in [-0.39, 0.29) is 12.4 Å². The molecule has 2 aromatic rings. The molecule has 0 radical (unpaired) electrons. The predicted molar refractivity (Wildman–Crippen MR) is 70.4 cm³/mol. The quantitative estimate of drug-likeness (QED) is 0.783. The standard InChI is InChI=1S/C13H16N2.ClH/c1-2-4-13-11(3-1)12(9-15-13)10-5-7-14-8-6-10;/h1-4,9-10,14-15H,5-8H2;1H. The van der Waals surface area contributed by atoms with E-state index in [1.54, 1.807) is 0 Å². The number of piperidine rings is 1. The zero-order chi connectivity index (χ0) is 10.1. The molecule has 0 bridgehead atoms. The van der Waals surface area contributed by atoms with Crippen LogP contribution in [0.5, 0.6) is 0 Å². The molecule has 0 saturated carbocycles. The fourth-order valence-electron chi connectivity index (χ4n) is 2.56. The second-order valence-corrected chi connectivity index (χ2v) is 4.31. The van der Waals surface area contributed by atoms with Gasteiger partial charge in [0.25, 0.3) is 0 Å². The minimum absolute atomic E-state index is 0. The molecule has 1 saturated heterocycles. The average molecular weight is 237 g/mol. The van der Waals surface area contributed by atoms with Crippen molar-refractivity contribution in [3.63, 3.8) is 0 Å². The molecule has 86 valence electrons. The summed E-state index contributed by atoms with van der Waals surface area (Å²) in [7, 11) is 0. The third kappa shape index (κ3) is 1.95. The van der Waals surface area contributed by atoms with Crippen LogP contribution in [0.3, 0.4) is 0 Å². The van der Waals surface area contributed by atoms with Crippen LogP contribution in [0.1, 0.15) is 24.3 Å². The lowest BCUT2D eigenvalue weighted by atomic mass is 9.90. The summed E-state index contributed by atoms with van der Waals surface area (Å²) in [6.07, 6.45) is 4.73. The van der Waals surface area contributed by atoms with Crippen LogP contribution in [0.25, 0.3) is 10.9 Å². The first kappa shape index (κ1) is 11.5. The number of hydrogen-bond acceptors (Lipinski definition) is 1. The Morgan fingerprint density at radius 1 is 1.06 bits per heavy atom. The summed E-state index contributed by atoms with van der Waals surface area (Å²) in [5.74, 6) is 0.738. The molecule has 0 atom stereocenters. The summed E-state index contributed by atoms with van der Waals surface area (Å²) in [5.41, 5.74) is 2.78. The predicted octanol–water partition coefficient (Wildman–Crippen LogP) is 3.06. The summed E-state index contributed by atoms with van der Waals surface area (Å²) < 4.78 is 0. The highest BCUT2D eigenvalue weighted by Crippen LogP contribution is 2.30. The Morgan fingerprint density at radius 3 is 2.62 bits per heavy atom. The van der Waals surface area contributed by atoms with Crippen molar-refractivity contribution in [2.45, 2.75) is 18.8 Å². The van der Waals surface area contributed by atoms with Crippen molar-refractivity contribution in [1.82, 2.24) is 10.3 Å². The highest BCUT2D eigenvalue weighted by molar-refractivity contribution is 5.85. The molecular weight excluding hydrogens is 220 g/mol. The van der Waals surface area contributed by atoms with Crippen LogP contribution < -0.4 is 5.32 Å². The second kappa shape index (κ2) is 4.89. The second-order valence-electron chi connectivity index (χ2n) is 4.31. The monoisotopic (exact) mass is 236 g/mol. The number of halogens is 1. The van der Waals surface area contributed by atoms with E-state index >= 15 is 0 Å². The van der Waals surface area contributed by atoms with Gasteiger partial charge >= 0.3 is 0 Å². The maximum atomic E-state index is 3.41. The van der Waals surface area contributed by atoms with E-state index in [0.717, 1.165) is 19.0 Å². The van der Waals surface area contributed by atoms with Crippen LogP contribution in [0.4, 0.5) is 0 Å². The number of para-hydroxylation sites is 1. The molecule has 3 heteroatoms. The van der Waals surface area contributed by atoms with Crippen molar-refractivity contribution in [2.24, 2.45) is 0 Å². The molecule has 2 N–H and O–H groups in total. The fraction of sp³-hybridized carbons (Fsp3) is 0.385. The number of fused-ring (bicyclic) bond motifs is 1. The summed E-state index contributed by atoms with van der Waals surface area (Å²) in [5, 5.41) is 4.82. The highest BCUT2D eigenvalue weighted by atomic mass is 35.5. The molecule has 1 fully saturated rings. The van der Waals surface area contributed by atoms with Gasteiger partial charge in [0.05, 0.1) is 0 Å². The molecular formula is C13H17ClN2. The van der Waals surface area contributed by atoms with Gasteiger partial charge in [-0.15, -0.1) is 12.4 Å². The molecule has 1 aliphatic heterocycles. The number of aromatic amines is 1. The Kier molecular flexibility index (Phi) is 3.52. The van der Waals surface area contributed by atoms with Gasteiger partial charge in [-0.25, -0.2) is 0 Å². The Hall–Kier alpha value is -0.990. The minimum atomic E-state index is 0. The Bertz CT molecular complexity index is 458. The largest absolute Gasteiger partial charge is 0.361 e. The molecule has 0 amide bonds. The number of aromatic nitrogens is 1. The SMILES string of the molecule is Cl.c1ccc2c(C3CCNCC3)c[nH]c2c1. The number of rotatable bonds is 1. The third-order valence-corrected chi connectivity index (χ3v) is 3.40. The third-order valence-electron chi connectivity index (χ3n) is 3.40. The molecule has 2 nitrogen and oxygen atoms in total. The number of hydrogen-bond donors (Lipinski definition) is 2. The van der Waals surface area contributed by atoms with E-state index in [4.69, 9.17) is 0 Å². The summed E-state index contributed by atoms with van der Waals surface area (Å²) in [4.78, 5) is 3.37. The van der Waals surface area contributed by atoms with E-state index in [9.17, 15) is 0 Å². The minimum Gasteiger partial charge on any atom is -0.361 e. The molecule has 2 heterocycles. The number of benzene rings is 1. The van der Waals surface area contributed by atoms with Gasteiger partial charge in [0.1, 0.15) is 0 Å². The van der Waals surface area contributed by atoms with Gasteiger partial charge in [-0.2, -0.15) is 0 Å². The van der Waals surface area contributed by atoms with Gasteiger partial charge in [0, 0.05) is 17.1 Å². The molecule has 3 rings (SSSR count). The van der Waals surface area contributed by atoms with Gasteiger partial charge in [-0.05, 0) is 43.5 Å². The lowest BCUT2D eigenvalue weighted by Crippen LogP contribution is -2.26. The Morgan fingerprint density at radius 2 is 1.81 bits per heavy atom. The van der Waals surface area contributed by atoms with E-state index < -0.39 is 0 Å². The Labute approximate surface area is 102 Å². The highest BCUT2D eigenvalue weighted by Gasteiger charge is 2.17. The molecule has 0 aliphatic carbocycles. The van der Waals surface area contributed by atoms with Crippen molar-refractivity contribution in [3.8, 4) is 0 Å². The lowest BCUT2D eigenvalue weighted by Gasteiger charge is -2.22. The van der Waals surface area contributed by atoms with Crippen LogP contribution in [-0.2, 0) is 0 Å². The summed E-state index contributed by atoms with van der Waals surface area (Å²) in [6.45, 7) is 2.31. The van der Waals surface area contributed by atoms with Gasteiger partial charge in [0.15, 0.2) is 0 Å². The topological polar surface area (TPSA) is 27.8 Å². The molecule has 16 heavy (non-hydrogen) atoms. The molecule has 0 unspecified atom stereocenters. The first-order valence-corrected chi connectivity index (χ1v) is 5.72. The maximum Gasteiger partial charge on any atom is 0.0456 e. The van der Waals surface area contributed by atoms with Crippen LogP contribution in [0.15, 0.2) is 30.5 Å². The first-order valence-electron chi connectivity index (χ1n) is 5.72. The fourth-order valence-corrected chi connectivity index (χ4v) is 2.56. The smallest absolute Gasteiger partial charge is 0.0456 e. The van der Waals surface area contributed by atoms with Gasteiger partial charge < -0.3 is 10.3 Å². The van der Waals surface area contributed by atoms with Gasteiger partial charge in [0.2, 0.25) is 0 Å². The van der Waals surface area contributed by atoms with Gasteiger partial charge in [-0.3, -0.25) is 0 Å². The zero-order valence-corrected chi connectivity index (χ0v) is 10.0. The first-order chi connectivity index (χ1) is 7.45. The van der Waals surface area contributed by atoms with Crippen molar-refractivity contribution < 1.29 is 0 Å². The zero-order valence-electron chi connectivity index (χ0n) is 9.20. The van der Waals surface area contributed by atoms with Crippen LogP contribution in [-0.4, -0.2) is 18.1 Å². The molecule has 0 spiro atoms. The van der Waals surface area contributed by atoms with E-state index in [0.29, 0.717) is 0 Å². The van der Waals surface area contributed by atoms with Gasteiger partial charge in [-0.1, -0.05) is 18.2 Å². The van der Waals surface area contributed by atoms with Crippen molar-refractivity contribution >= 4 is 23.3 Å². The lowest BCUT2D eigenvalue weighted by molar-refractivity contribution is 0.462. The maximum absolute atomic E-state index is 3.41. The summed E-state index contributed by atoms with van der Waals surface area (Å²) in [6, 6.07) is 8.59. The Balaban J connectivity index is 0.000000963. The van der Waals surface area contributed by atoms with Crippen LogP contribution >= 0.6 is 12.4 Å². The van der Waals surface area contributed by atoms with Crippen molar-refractivity contribution in [2.75, 3.05) is 13.1 Å². The average Bonchev–Trinajstić information content (AvgIpc) is 2.74. The normalized spacial score (nSPS) is 17.2. The van der Waals surface area contributed by atoms with Crippen molar-refractivity contribution in [1.29, 1.82) is 0 Å².